The van der Waals surface area contributed by atoms with Crippen LogP contribution in [0.1, 0.15) is 15.9 Å². The Morgan fingerprint density at radius 3 is 2.57 bits per heavy atom. The second-order valence-electron chi connectivity index (χ2n) is 6.63. The quantitative estimate of drug-likeness (QED) is 0.351. The molecule has 0 unspecified atom stereocenters. The number of carbonyl (C=O) groups excluding carboxylic acids is 1. The first kappa shape index (κ1) is 19.5. The molecule has 0 aliphatic carbocycles. The third-order valence-electron chi connectivity index (χ3n) is 4.73. The average molecular weight is 419 g/mol. The second-order valence-corrected chi connectivity index (χ2v) is 7.03. The number of amides is 1. The van der Waals surface area contributed by atoms with Crippen molar-refractivity contribution in [3.63, 3.8) is 0 Å². The van der Waals surface area contributed by atoms with Crippen molar-refractivity contribution in [2.45, 2.75) is 6.92 Å². The molecule has 8 heteroatoms. The molecule has 0 atom stereocenters. The van der Waals surface area contributed by atoms with E-state index in [0.29, 0.717) is 16.4 Å². The molecule has 4 aromatic rings. The van der Waals surface area contributed by atoms with Crippen LogP contribution in [-0.4, -0.2) is 15.9 Å². The van der Waals surface area contributed by atoms with E-state index in [4.69, 9.17) is 17.3 Å². The number of hydrogen-bond acceptors (Lipinski definition) is 6. The maximum absolute atomic E-state index is 12.7. The van der Waals surface area contributed by atoms with E-state index in [1.165, 1.54) is 6.33 Å². The fourth-order valence-electron chi connectivity index (χ4n) is 3.07. The zero-order valence-corrected chi connectivity index (χ0v) is 16.9. The summed E-state index contributed by atoms with van der Waals surface area (Å²) in [4.78, 5) is 21.0. The molecule has 0 fully saturated rings. The van der Waals surface area contributed by atoms with Crippen molar-refractivity contribution >= 4 is 51.3 Å². The van der Waals surface area contributed by atoms with Gasteiger partial charge in [0, 0.05) is 16.3 Å². The smallest absolute Gasteiger partial charge is 0.270 e. The van der Waals surface area contributed by atoms with Crippen LogP contribution in [0.25, 0.3) is 10.8 Å². The Kier molecular flexibility index (Phi) is 5.36. The van der Waals surface area contributed by atoms with Gasteiger partial charge < -0.3 is 11.1 Å². The predicted molar refractivity (Wildman–Crippen MR) is 121 cm³/mol. The van der Waals surface area contributed by atoms with E-state index in [9.17, 15) is 4.79 Å². The summed E-state index contributed by atoms with van der Waals surface area (Å²) in [7, 11) is 0. The summed E-state index contributed by atoms with van der Waals surface area (Å²) in [6.45, 7) is 1.89. The molecule has 1 amide bonds. The monoisotopic (exact) mass is 418 g/mol. The summed E-state index contributed by atoms with van der Waals surface area (Å²) < 4.78 is 0. The lowest BCUT2D eigenvalue weighted by Crippen LogP contribution is -2.30. The van der Waals surface area contributed by atoms with Gasteiger partial charge in [0.15, 0.2) is 11.6 Å². The molecular formula is C22H19ClN6O. The van der Waals surface area contributed by atoms with Gasteiger partial charge in [0.2, 0.25) is 0 Å². The standard InChI is InChI=1S/C22H19ClN6O/c1-13-17(23)10-5-11-18(13)27-20-19(24)21(26-12-25-20)28-29-22(30)16-9-4-7-14-6-2-3-8-15(14)16/h2-12H,24H2,1H3,(H,29,30)(H2,25,26,27,28). The van der Waals surface area contributed by atoms with Gasteiger partial charge in [-0.15, -0.1) is 0 Å². The minimum absolute atomic E-state index is 0.259. The molecule has 1 heterocycles. The van der Waals surface area contributed by atoms with Gasteiger partial charge in [-0.3, -0.25) is 15.6 Å². The van der Waals surface area contributed by atoms with Crippen LogP contribution in [-0.2, 0) is 0 Å². The number of nitrogen functional groups attached to an aromatic ring is 1. The van der Waals surface area contributed by atoms with Gasteiger partial charge in [-0.1, -0.05) is 54.1 Å². The Balaban J connectivity index is 1.53. The number of halogens is 1. The molecule has 0 spiro atoms. The van der Waals surface area contributed by atoms with Gasteiger partial charge in [0.05, 0.1) is 0 Å². The van der Waals surface area contributed by atoms with Crippen molar-refractivity contribution < 1.29 is 4.79 Å². The van der Waals surface area contributed by atoms with Gasteiger partial charge in [0.25, 0.3) is 5.91 Å². The van der Waals surface area contributed by atoms with Crippen molar-refractivity contribution in [2.24, 2.45) is 0 Å². The lowest BCUT2D eigenvalue weighted by atomic mass is 10.0. The summed E-state index contributed by atoms with van der Waals surface area (Å²) in [5.74, 6) is 0.378. The number of hydrogen-bond donors (Lipinski definition) is 4. The van der Waals surface area contributed by atoms with Crippen molar-refractivity contribution in [2.75, 3.05) is 16.5 Å². The lowest BCUT2D eigenvalue weighted by Gasteiger charge is -2.15. The molecule has 3 aromatic carbocycles. The predicted octanol–water partition coefficient (Wildman–Crippen LogP) is 4.67. The van der Waals surface area contributed by atoms with Crippen LogP contribution < -0.4 is 21.9 Å². The highest BCUT2D eigenvalue weighted by Crippen LogP contribution is 2.29. The molecule has 0 saturated carbocycles. The van der Waals surface area contributed by atoms with E-state index in [1.807, 2.05) is 55.5 Å². The SMILES string of the molecule is Cc1c(Cl)cccc1Nc1ncnc(NNC(=O)c2cccc3ccccc23)c1N. The van der Waals surface area contributed by atoms with Crippen LogP contribution in [0.5, 0.6) is 0 Å². The van der Waals surface area contributed by atoms with Crippen molar-refractivity contribution in [1.29, 1.82) is 0 Å². The number of hydrazine groups is 1. The van der Waals surface area contributed by atoms with E-state index in [-0.39, 0.29) is 17.4 Å². The van der Waals surface area contributed by atoms with Crippen LogP contribution in [0.2, 0.25) is 5.02 Å². The van der Waals surface area contributed by atoms with Gasteiger partial charge in [-0.05, 0) is 41.5 Å². The molecule has 5 N–H and O–H groups in total. The molecule has 0 radical (unpaired) electrons. The molecule has 1 aromatic heterocycles. The maximum atomic E-state index is 12.7. The number of nitrogens with two attached hydrogens (primary N) is 1. The number of fused-ring (bicyclic) bond motifs is 1. The topological polar surface area (TPSA) is 105 Å². The first-order valence-electron chi connectivity index (χ1n) is 9.21. The van der Waals surface area contributed by atoms with Crippen LogP contribution in [0, 0.1) is 6.92 Å². The second kappa shape index (κ2) is 8.26. The Morgan fingerprint density at radius 2 is 1.70 bits per heavy atom. The van der Waals surface area contributed by atoms with Crippen LogP contribution in [0.15, 0.2) is 67.0 Å². The van der Waals surface area contributed by atoms with Crippen molar-refractivity contribution in [1.82, 2.24) is 15.4 Å². The highest BCUT2D eigenvalue weighted by Gasteiger charge is 2.13. The van der Waals surface area contributed by atoms with Gasteiger partial charge in [-0.25, -0.2) is 9.97 Å². The van der Waals surface area contributed by atoms with E-state index in [0.717, 1.165) is 22.0 Å². The number of nitrogens with one attached hydrogen (secondary N) is 3. The normalized spacial score (nSPS) is 10.6. The summed E-state index contributed by atoms with van der Waals surface area (Å²) >= 11 is 6.17. The van der Waals surface area contributed by atoms with Gasteiger partial charge in [-0.2, -0.15) is 0 Å². The zero-order valence-electron chi connectivity index (χ0n) is 16.1. The molecule has 0 aliphatic rings. The summed E-state index contributed by atoms with van der Waals surface area (Å²) in [5, 5.41) is 5.62. The Bertz CT molecular complexity index is 1240. The maximum Gasteiger partial charge on any atom is 0.270 e. The third-order valence-corrected chi connectivity index (χ3v) is 5.14. The molecule has 0 aliphatic heterocycles. The first-order chi connectivity index (χ1) is 14.5. The highest BCUT2D eigenvalue weighted by molar-refractivity contribution is 6.31. The molecule has 0 saturated heterocycles. The minimum atomic E-state index is -0.301. The minimum Gasteiger partial charge on any atom is -0.393 e. The number of rotatable bonds is 5. The molecule has 150 valence electrons. The number of anilines is 4. The summed E-state index contributed by atoms with van der Waals surface area (Å²) in [6, 6.07) is 18.8. The molecule has 30 heavy (non-hydrogen) atoms. The van der Waals surface area contributed by atoms with Crippen LogP contribution >= 0.6 is 11.6 Å². The Morgan fingerprint density at radius 1 is 0.967 bits per heavy atom. The Labute approximate surface area is 178 Å². The number of aromatic nitrogens is 2. The van der Waals surface area contributed by atoms with E-state index >= 15 is 0 Å². The van der Waals surface area contributed by atoms with Gasteiger partial charge in [0.1, 0.15) is 12.0 Å². The zero-order chi connectivity index (χ0) is 21.1. The summed E-state index contributed by atoms with van der Waals surface area (Å²) in [6.07, 6.45) is 1.35. The van der Waals surface area contributed by atoms with Crippen LogP contribution in [0.3, 0.4) is 0 Å². The molecule has 4 rings (SSSR count). The number of nitrogens with zero attached hydrogens (tertiary/aromatic N) is 2. The average Bonchev–Trinajstić information content (AvgIpc) is 2.76. The fraction of sp³-hybridized carbons (Fsp3) is 0.0455. The number of carbonyl (C=O) groups is 1. The van der Waals surface area contributed by atoms with Crippen LogP contribution in [0.4, 0.5) is 23.0 Å². The van der Waals surface area contributed by atoms with E-state index in [1.54, 1.807) is 12.1 Å². The van der Waals surface area contributed by atoms with Crippen molar-refractivity contribution in [3.8, 4) is 0 Å². The summed E-state index contributed by atoms with van der Waals surface area (Å²) in [5.41, 5.74) is 14.1. The molecular weight excluding hydrogens is 400 g/mol. The lowest BCUT2D eigenvalue weighted by molar-refractivity contribution is 0.0964. The highest BCUT2D eigenvalue weighted by atomic mass is 35.5. The van der Waals surface area contributed by atoms with E-state index < -0.39 is 0 Å². The number of benzene rings is 3. The van der Waals surface area contributed by atoms with Crippen molar-refractivity contribution in [3.05, 3.63) is 83.1 Å². The molecule has 0 bridgehead atoms. The Hall–Kier alpha value is -3.84. The molecule has 7 nitrogen and oxygen atoms in total. The first-order valence-corrected chi connectivity index (χ1v) is 9.59. The van der Waals surface area contributed by atoms with Gasteiger partial charge >= 0.3 is 0 Å². The third kappa shape index (κ3) is 3.83. The van der Waals surface area contributed by atoms with E-state index in [2.05, 4.69) is 26.1 Å². The largest absolute Gasteiger partial charge is 0.393 e. The fourth-order valence-corrected chi connectivity index (χ4v) is 3.25.